The van der Waals surface area contributed by atoms with Crippen molar-refractivity contribution in [3.8, 4) is 5.75 Å². The minimum absolute atomic E-state index is 0.0202. The van der Waals surface area contributed by atoms with Crippen molar-refractivity contribution in [3.05, 3.63) is 29.8 Å². The summed E-state index contributed by atoms with van der Waals surface area (Å²) in [6, 6.07) is 3.61. The zero-order valence-electron chi connectivity index (χ0n) is 12.9. The van der Waals surface area contributed by atoms with Crippen molar-refractivity contribution < 1.29 is 23.4 Å². The molecule has 0 radical (unpaired) electrons. The molecule has 2 N–H and O–H groups in total. The number of ether oxygens (including phenoxy) is 2. The predicted octanol–water partition coefficient (Wildman–Crippen LogP) is 2.25. The Labute approximate surface area is 129 Å². The molecule has 3 unspecified atom stereocenters. The van der Waals surface area contributed by atoms with Crippen molar-refractivity contribution in [3.63, 3.8) is 0 Å². The topological polar surface area (TPSA) is 50.7 Å². The number of aliphatic hydroxyl groups excluding tert-OH is 1. The quantitative estimate of drug-likeness (QED) is 0.845. The van der Waals surface area contributed by atoms with Gasteiger partial charge in [-0.2, -0.15) is 0 Å². The van der Waals surface area contributed by atoms with Gasteiger partial charge in [0.1, 0.15) is 18.5 Å². The molecule has 1 aliphatic heterocycles. The maximum atomic E-state index is 13.0. The van der Waals surface area contributed by atoms with E-state index in [1.807, 2.05) is 13.8 Å². The van der Waals surface area contributed by atoms with Gasteiger partial charge in [-0.15, -0.1) is 0 Å². The Morgan fingerprint density at radius 3 is 2.59 bits per heavy atom. The highest BCUT2D eigenvalue weighted by Crippen LogP contribution is 2.19. The second-order valence-electron chi connectivity index (χ2n) is 5.87. The third-order valence-electron chi connectivity index (χ3n) is 3.67. The van der Waals surface area contributed by atoms with Gasteiger partial charge >= 0.3 is 0 Å². The summed E-state index contributed by atoms with van der Waals surface area (Å²) < 4.78 is 36.7. The van der Waals surface area contributed by atoms with Gasteiger partial charge in [-0.3, -0.25) is 0 Å². The molecule has 0 aliphatic carbocycles. The summed E-state index contributed by atoms with van der Waals surface area (Å²) in [6.45, 7) is 4.47. The number of benzene rings is 1. The first kappa shape index (κ1) is 17.1. The third kappa shape index (κ3) is 5.19. The van der Waals surface area contributed by atoms with Gasteiger partial charge in [0.05, 0.1) is 12.2 Å². The molecular weight excluding hydrogens is 292 g/mol. The molecule has 3 atom stereocenters. The van der Waals surface area contributed by atoms with Crippen LogP contribution in [0.4, 0.5) is 8.78 Å². The fourth-order valence-electron chi connectivity index (χ4n) is 2.69. The highest BCUT2D eigenvalue weighted by atomic mass is 19.2. The van der Waals surface area contributed by atoms with E-state index in [-0.39, 0.29) is 24.6 Å². The number of halogens is 2. The number of aliphatic hydroxyl groups is 1. The number of nitrogens with one attached hydrogen (secondary N) is 1. The first-order valence-corrected chi connectivity index (χ1v) is 7.58. The van der Waals surface area contributed by atoms with E-state index in [4.69, 9.17) is 9.47 Å². The summed E-state index contributed by atoms with van der Waals surface area (Å²) in [5, 5.41) is 13.2. The Morgan fingerprint density at radius 1 is 1.27 bits per heavy atom. The lowest BCUT2D eigenvalue weighted by atomic mass is 10.00. The van der Waals surface area contributed by atoms with Gasteiger partial charge < -0.3 is 19.9 Å². The minimum Gasteiger partial charge on any atom is -0.491 e. The van der Waals surface area contributed by atoms with Gasteiger partial charge in [-0.05, 0) is 38.8 Å². The molecule has 1 saturated heterocycles. The molecule has 124 valence electrons. The van der Waals surface area contributed by atoms with Gasteiger partial charge in [0.25, 0.3) is 0 Å². The molecular formula is C16H23F2NO3. The van der Waals surface area contributed by atoms with Crippen molar-refractivity contribution in [2.24, 2.45) is 0 Å². The van der Waals surface area contributed by atoms with Crippen LogP contribution in [0.3, 0.4) is 0 Å². The summed E-state index contributed by atoms with van der Waals surface area (Å²) in [7, 11) is 0. The molecule has 1 aliphatic rings. The summed E-state index contributed by atoms with van der Waals surface area (Å²) in [5.41, 5.74) is 0. The molecule has 4 nitrogen and oxygen atoms in total. The van der Waals surface area contributed by atoms with E-state index in [9.17, 15) is 13.9 Å². The SMILES string of the molecule is CC1CC(NCC(O)COc2ccc(F)c(F)c2)CC(C)O1. The Hall–Kier alpha value is -1.24. The molecule has 2 rings (SSSR count). The standard InChI is InChI=1S/C16H23F2NO3/c1-10-5-12(6-11(2)22-10)19-8-13(20)9-21-14-3-4-15(17)16(18)7-14/h3-4,7,10-13,19-20H,5-6,8-9H2,1-2H3. The zero-order valence-corrected chi connectivity index (χ0v) is 12.9. The van der Waals surface area contributed by atoms with Crippen LogP contribution in [0.15, 0.2) is 18.2 Å². The molecule has 6 heteroatoms. The van der Waals surface area contributed by atoms with E-state index >= 15 is 0 Å². The Balaban J connectivity index is 1.71. The van der Waals surface area contributed by atoms with Crippen LogP contribution in [-0.2, 0) is 4.74 Å². The summed E-state index contributed by atoms with van der Waals surface area (Å²) in [5.74, 6) is -1.68. The molecule has 0 amide bonds. The zero-order chi connectivity index (χ0) is 16.1. The van der Waals surface area contributed by atoms with Crippen molar-refractivity contribution in [2.75, 3.05) is 13.2 Å². The predicted molar refractivity (Wildman–Crippen MR) is 78.9 cm³/mol. The lowest BCUT2D eigenvalue weighted by Gasteiger charge is -2.33. The van der Waals surface area contributed by atoms with E-state index in [1.54, 1.807) is 0 Å². The molecule has 0 bridgehead atoms. The molecule has 0 saturated carbocycles. The largest absolute Gasteiger partial charge is 0.491 e. The van der Waals surface area contributed by atoms with Crippen LogP contribution in [0.5, 0.6) is 5.75 Å². The summed E-state index contributed by atoms with van der Waals surface area (Å²) >= 11 is 0. The van der Waals surface area contributed by atoms with Crippen molar-refractivity contribution >= 4 is 0 Å². The van der Waals surface area contributed by atoms with Crippen molar-refractivity contribution in [2.45, 2.75) is 51.0 Å². The maximum Gasteiger partial charge on any atom is 0.162 e. The van der Waals surface area contributed by atoms with Gasteiger partial charge in [-0.1, -0.05) is 0 Å². The highest BCUT2D eigenvalue weighted by Gasteiger charge is 2.24. The van der Waals surface area contributed by atoms with E-state index < -0.39 is 17.7 Å². The summed E-state index contributed by atoms with van der Waals surface area (Å²) in [4.78, 5) is 0. The van der Waals surface area contributed by atoms with Crippen molar-refractivity contribution in [1.82, 2.24) is 5.32 Å². The van der Waals surface area contributed by atoms with Gasteiger partial charge in [0.15, 0.2) is 11.6 Å². The van der Waals surface area contributed by atoms with Crippen molar-refractivity contribution in [1.29, 1.82) is 0 Å². The number of hydrogen-bond acceptors (Lipinski definition) is 4. The lowest BCUT2D eigenvalue weighted by molar-refractivity contribution is -0.0437. The van der Waals surface area contributed by atoms with Crippen LogP contribution in [0.25, 0.3) is 0 Å². The molecule has 1 aromatic rings. The fraction of sp³-hybridized carbons (Fsp3) is 0.625. The van der Waals surface area contributed by atoms with E-state index in [0.29, 0.717) is 12.6 Å². The number of hydrogen-bond donors (Lipinski definition) is 2. The van der Waals surface area contributed by atoms with Crippen LogP contribution in [0.1, 0.15) is 26.7 Å². The Kier molecular flexibility index (Phi) is 6.11. The molecule has 0 spiro atoms. The third-order valence-corrected chi connectivity index (χ3v) is 3.67. The van der Waals surface area contributed by atoms with Crippen LogP contribution < -0.4 is 10.1 Å². The minimum atomic E-state index is -0.963. The average molecular weight is 315 g/mol. The molecule has 1 aromatic carbocycles. The Bertz CT molecular complexity index is 476. The smallest absolute Gasteiger partial charge is 0.162 e. The monoisotopic (exact) mass is 315 g/mol. The average Bonchev–Trinajstić information content (AvgIpc) is 2.45. The van der Waals surface area contributed by atoms with Crippen LogP contribution in [-0.4, -0.2) is 42.6 Å². The Morgan fingerprint density at radius 2 is 1.95 bits per heavy atom. The van der Waals surface area contributed by atoms with Crippen LogP contribution in [0.2, 0.25) is 0 Å². The van der Waals surface area contributed by atoms with E-state index in [2.05, 4.69) is 5.32 Å². The number of rotatable bonds is 6. The molecule has 1 heterocycles. The fourth-order valence-corrected chi connectivity index (χ4v) is 2.69. The molecule has 0 aromatic heterocycles. The molecule has 1 fully saturated rings. The van der Waals surface area contributed by atoms with Gasteiger partial charge in [0.2, 0.25) is 0 Å². The summed E-state index contributed by atoms with van der Waals surface area (Å²) in [6.07, 6.45) is 1.50. The van der Waals surface area contributed by atoms with E-state index in [1.165, 1.54) is 6.07 Å². The van der Waals surface area contributed by atoms with Crippen LogP contribution in [0, 0.1) is 11.6 Å². The molecule has 22 heavy (non-hydrogen) atoms. The normalized spacial score (nSPS) is 26.7. The van der Waals surface area contributed by atoms with Gasteiger partial charge in [0, 0.05) is 18.7 Å². The van der Waals surface area contributed by atoms with E-state index in [0.717, 1.165) is 25.0 Å². The maximum absolute atomic E-state index is 13.0. The second kappa shape index (κ2) is 7.85. The second-order valence-corrected chi connectivity index (χ2v) is 5.87. The lowest BCUT2D eigenvalue weighted by Crippen LogP contribution is -2.44. The van der Waals surface area contributed by atoms with Gasteiger partial charge in [-0.25, -0.2) is 8.78 Å². The first-order chi connectivity index (χ1) is 10.4. The first-order valence-electron chi connectivity index (χ1n) is 7.58. The highest BCUT2D eigenvalue weighted by molar-refractivity contribution is 5.23. The van der Waals surface area contributed by atoms with Crippen LogP contribution >= 0.6 is 0 Å².